The summed E-state index contributed by atoms with van der Waals surface area (Å²) in [5, 5.41) is 0. The van der Waals surface area contributed by atoms with Crippen molar-refractivity contribution < 1.29 is 18.0 Å². The fraction of sp³-hybridized carbons (Fsp3) is 0.419. The lowest BCUT2D eigenvalue weighted by molar-refractivity contribution is 0.238. The summed E-state index contributed by atoms with van der Waals surface area (Å²) >= 11 is 0. The predicted molar refractivity (Wildman–Crippen MR) is 159 cm³/mol. The zero-order valence-electron chi connectivity index (χ0n) is 24.6. The van der Waals surface area contributed by atoms with Gasteiger partial charge in [0.15, 0.2) is 0 Å². The Morgan fingerprint density at radius 2 is 1.21 bits per heavy atom. The summed E-state index contributed by atoms with van der Waals surface area (Å²) in [6.07, 6.45) is 0. The molecule has 3 aromatic carbocycles. The van der Waals surface area contributed by atoms with E-state index in [-0.39, 0.29) is 0 Å². The summed E-state index contributed by atoms with van der Waals surface area (Å²) < 4.78 is 32.7. The van der Waals surface area contributed by atoms with Gasteiger partial charge in [0, 0.05) is 36.3 Å². The molecule has 0 spiro atoms. The second-order valence-electron chi connectivity index (χ2n) is 12.0. The van der Waals surface area contributed by atoms with Gasteiger partial charge in [-0.3, -0.25) is 4.90 Å². The molecule has 0 radical (unpaired) electrons. The average Bonchev–Trinajstić information content (AvgIpc) is 2.74. The van der Waals surface area contributed by atoms with Gasteiger partial charge in [0.05, 0.1) is 6.66 Å². The molecule has 3 aromatic rings. The van der Waals surface area contributed by atoms with Crippen LogP contribution >= 0.6 is 7.60 Å². The van der Waals surface area contributed by atoms with E-state index in [1.54, 1.807) is 6.66 Å². The molecule has 0 saturated heterocycles. The number of nitrogens with zero attached hydrogens (tertiary/aromatic N) is 1. The van der Waals surface area contributed by atoms with E-state index in [2.05, 4.69) is 88.6 Å². The Bertz CT molecular complexity index is 1360. The summed E-state index contributed by atoms with van der Waals surface area (Å²) in [5.41, 5.74) is 9.81. The van der Waals surface area contributed by atoms with Crippen molar-refractivity contribution in [1.82, 2.24) is 4.90 Å². The Morgan fingerprint density at radius 3 is 1.68 bits per heavy atom. The van der Waals surface area contributed by atoms with Crippen molar-refractivity contribution in [2.75, 3.05) is 6.66 Å². The quantitative estimate of drug-likeness (QED) is 0.240. The normalized spacial score (nSPS) is 15.6. The summed E-state index contributed by atoms with van der Waals surface area (Å²) in [4.78, 5) is 2.42. The third-order valence-corrected chi connectivity index (χ3v) is 8.44. The highest BCUT2D eigenvalue weighted by molar-refractivity contribution is 7.53. The zero-order chi connectivity index (χ0) is 28.0. The van der Waals surface area contributed by atoms with E-state index in [4.69, 9.17) is 13.5 Å². The minimum atomic E-state index is -3.42. The third kappa shape index (κ3) is 6.72. The second kappa shape index (κ2) is 10.6. The van der Waals surface area contributed by atoms with Gasteiger partial charge < -0.3 is 13.5 Å². The predicted octanol–water partition coefficient (Wildman–Crippen LogP) is 8.55. The number of fused-ring (bicyclic) bond motifs is 2. The topological polar surface area (TPSA) is 48.0 Å². The van der Waals surface area contributed by atoms with Crippen molar-refractivity contribution in [3.05, 3.63) is 86.5 Å². The smallest absolute Gasteiger partial charge is 0.427 e. The van der Waals surface area contributed by atoms with E-state index >= 15 is 0 Å². The largest absolute Gasteiger partial charge is 0.544 e. The molecule has 0 aromatic heterocycles. The van der Waals surface area contributed by atoms with Crippen LogP contribution in [0.5, 0.6) is 17.2 Å². The lowest BCUT2D eigenvalue weighted by atomic mass is 10.0. The first-order chi connectivity index (χ1) is 17.6. The number of benzene rings is 3. The summed E-state index contributed by atoms with van der Waals surface area (Å²) in [6, 6.07) is 12.9. The molecular weight excluding hydrogens is 509 g/mol. The van der Waals surface area contributed by atoms with Gasteiger partial charge >= 0.3 is 7.60 Å². The van der Waals surface area contributed by atoms with E-state index in [9.17, 15) is 4.57 Å². The number of hydrogen-bond donors (Lipinski definition) is 0. The number of rotatable bonds is 4. The van der Waals surface area contributed by atoms with Gasteiger partial charge in [-0.1, -0.05) is 53.1 Å². The Kier molecular flexibility index (Phi) is 7.91. The molecule has 5 nitrogen and oxygen atoms in total. The third-order valence-electron chi connectivity index (χ3n) is 6.59. The maximum atomic E-state index is 13.6. The van der Waals surface area contributed by atoms with Crippen LogP contribution in [0.2, 0.25) is 19.6 Å². The van der Waals surface area contributed by atoms with E-state index in [0.29, 0.717) is 31.1 Å². The van der Waals surface area contributed by atoms with Gasteiger partial charge in [0.2, 0.25) is 8.32 Å². The van der Waals surface area contributed by atoms with Gasteiger partial charge in [-0.15, -0.1) is 0 Å². The fourth-order valence-corrected chi connectivity index (χ4v) is 7.56. The highest BCUT2D eigenvalue weighted by Crippen LogP contribution is 2.50. The molecule has 204 valence electrons. The van der Waals surface area contributed by atoms with E-state index in [1.165, 1.54) is 16.7 Å². The molecule has 38 heavy (non-hydrogen) atoms. The van der Waals surface area contributed by atoms with Gasteiger partial charge in [-0.2, -0.15) is 0 Å². The minimum absolute atomic E-state index is 0.643. The van der Waals surface area contributed by atoms with Crippen LogP contribution in [-0.4, -0.2) is 19.9 Å². The maximum Gasteiger partial charge on any atom is 0.427 e. The Morgan fingerprint density at radius 1 is 0.763 bits per heavy atom. The molecule has 7 heteroatoms. The molecule has 0 amide bonds. The second-order valence-corrected chi connectivity index (χ2v) is 18.4. The number of hydrogen-bond acceptors (Lipinski definition) is 5. The molecule has 0 bridgehead atoms. The molecular formula is C31H42NO4PSi. The van der Waals surface area contributed by atoms with Crippen LogP contribution in [0.1, 0.15) is 50.1 Å². The monoisotopic (exact) mass is 551 g/mol. The average molecular weight is 552 g/mol. The molecule has 1 heterocycles. The van der Waals surface area contributed by atoms with Crippen LogP contribution in [0.25, 0.3) is 0 Å². The molecule has 0 unspecified atom stereocenters. The zero-order valence-corrected chi connectivity index (χ0v) is 26.5. The Labute approximate surface area is 229 Å². The number of aryl methyl sites for hydroxylation is 6. The van der Waals surface area contributed by atoms with Crippen molar-refractivity contribution in [3.63, 3.8) is 0 Å². The van der Waals surface area contributed by atoms with Crippen LogP contribution in [0, 0.1) is 41.5 Å². The van der Waals surface area contributed by atoms with E-state index in [1.807, 2.05) is 13.8 Å². The molecule has 1 aliphatic heterocycles. The van der Waals surface area contributed by atoms with Gasteiger partial charge in [0.25, 0.3) is 0 Å². The standard InChI is InChI=1S/C31H42NO4PSi/c1-20-11-23(4)29-26(14-20)17-32(19-28-16-22(3)13-25(6)31(28)36-38(8,9)10)18-27-15-21(2)12-24(5)30(27)35-37(7,33)34-29/h11-16H,17-19H2,1-10H3. The van der Waals surface area contributed by atoms with Crippen molar-refractivity contribution in [2.24, 2.45) is 0 Å². The Balaban J connectivity index is 1.87. The minimum Gasteiger partial charge on any atom is -0.544 e. The van der Waals surface area contributed by atoms with Crippen molar-refractivity contribution in [1.29, 1.82) is 0 Å². The molecule has 0 N–H and O–H groups in total. The first-order valence-electron chi connectivity index (χ1n) is 13.3. The molecule has 0 aliphatic carbocycles. The molecule has 1 aliphatic rings. The summed E-state index contributed by atoms with van der Waals surface area (Å²) in [7, 11) is -5.25. The lowest BCUT2D eigenvalue weighted by Gasteiger charge is -2.31. The van der Waals surface area contributed by atoms with E-state index in [0.717, 1.165) is 39.1 Å². The molecule has 0 saturated carbocycles. The summed E-state index contributed by atoms with van der Waals surface area (Å²) in [5.74, 6) is 2.30. The van der Waals surface area contributed by atoms with E-state index < -0.39 is 15.9 Å². The van der Waals surface area contributed by atoms with Gasteiger partial charge in [-0.25, -0.2) is 4.57 Å². The van der Waals surface area contributed by atoms with Gasteiger partial charge in [-0.05, 0) is 77.9 Å². The van der Waals surface area contributed by atoms with Crippen LogP contribution in [-0.2, 0) is 24.2 Å². The van der Waals surface area contributed by atoms with Gasteiger partial charge in [0.1, 0.15) is 17.2 Å². The highest BCUT2D eigenvalue weighted by Gasteiger charge is 2.29. The SMILES string of the molecule is Cc1cc(C)c(O[Si](C)(C)C)c(CN2Cc3cc(C)cc(C)c3OP(C)(=O)Oc3c(C)cc(C)cc3C2)c1. The van der Waals surface area contributed by atoms with Crippen molar-refractivity contribution in [3.8, 4) is 17.2 Å². The fourth-order valence-electron chi connectivity index (χ4n) is 5.43. The maximum absolute atomic E-state index is 13.6. The summed E-state index contributed by atoms with van der Waals surface area (Å²) in [6.45, 7) is 22.7. The van der Waals surface area contributed by atoms with Crippen LogP contribution in [0.4, 0.5) is 0 Å². The Hall–Kier alpha value is -2.53. The molecule has 0 atom stereocenters. The van der Waals surface area contributed by atoms with Crippen LogP contribution in [0.15, 0.2) is 36.4 Å². The molecule has 0 fully saturated rings. The van der Waals surface area contributed by atoms with Crippen molar-refractivity contribution >= 4 is 15.9 Å². The van der Waals surface area contributed by atoms with Crippen LogP contribution < -0.4 is 13.5 Å². The first kappa shape index (κ1) is 28.5. The molecule has 4 rings (SSSR count). The first-order valence-corrected chi connectivity index (χ1v) is 18.7. The van der Waals surface area contributed by atoms with Crippen molar-refractivity contribution in [2.45, 2.75) is 80.8 Å². The highest BCUT2D eigenvalue weighted by atomic mass is 31.2. The lowest BCUT2D eigenvalue weighted by Crippen LogP contribution is -2.31. The van der Waals surface area contributed by atoms with Crippen LogP contribution in [0.3, 0.4) is 0 Å².